The van der Waals surface area contributed by atoms with Gasteiger partial charge in [-0.3, -0.25) is 10.1 Å². The predicted molar refractivity (Wildman–Crippen MR) is 93.4 cm³/mol. The van der Waals surface area contributed by atoms with Crippen LogP contribution in [-0.4, -0.2) is 17.1 Å². The van der Waals surface area contributed by atoms with Crippen LogP contribution in [-0.2, 0) is 6.54 Å². The third kappa shape index (κ3) is 5.13. The van der Waals surface area contributed by atoms with Crippen molar-refractivity contribution < 1.29 is 9.53 Å². The Morgan fingerprint density at radius 3 is 2.59 bits per heavy atom. The first-order valence-electron chi connectivity index (χ1n) is 6.93. The first kappa shape index (κ1) is 16.5. The monoisotopic (exact) mass is 334 g/mol. The second-order valence-corrected chi connectivity index (χ2v) is 6.28. The molecule has 116 valence electrons. The molecule has 2 aromatic rings. The number of thiophene rings is 1. The number of thiocarbonyl (C=S) groups is 1. The first-order chi connectivity index (χ1) is 10.5. The van der Waals surface area contributed by atoms with Gasteiger partial charge in [-0.2, -0.15) is 0 Å². The summed E-state index contributed by atoms with van der Waals surface area (Å²) in [6, 6.07) is 11.4. The summed E-state index contributed by atoms with van der Waals surface area (Å²) in [6.07, 6.45) is 0.156. The summed E-state index contributed by atoms with van der Waals surface area (Å²) in [5.41, 5.74) is 1.06. The Kier molecular flexibility index (Phi) is 5.91. The molecule has 2 N–H and O–H groups in total. The normalized spacial score (nSPS) is 10.3. The molecule has 4 nitrogen and oxygen atoms in total. The molecule has 0 atom stereocenters. The number of benzene rings is 1. The van der Waals surface area contributed by atoms with Gasteiger partial charge in [0.25, 0.3) is 5.91 Å². The van der Waals surface area contributed by atoms with Gasteiger partial charge in [0.05, 0.1) is 11.0 Å². The summed E-state index contributed by atoms with van der Waals surface area (Å²) in [7, 11) is 0. The minimum Gasteiger partial charge on any atom is -0.491 e. The van der Waals surface area contributed by atoms with Crippen molar-refractivity contribution in [2.24, 2.45) is 0 Å². The second-order valence-electron chi connectivity index (χ2n) is 4.92. The van der Waals surface area contributed by atoms with Crippen LogP contribution in [0.15, 0.2) is 41.8 Å². The summed E-state index contributed by atoms with van der Waals surface area (Å²) >= 11 is 6.50. The summed E-state index contributed by atoms with van der Waals surface area (Å²) < 4.78 is 5.59. The third-order valence-corrected chi connectivity index (χ3v) is 3.84. The molecule has 0 saturated carbocycles. The lowest BCUT2D eigenvalue weighted by molar-refractivity contribution is 0.0980. The van der Waals surface area contributed by atoms with Crippen LogP contribution >= 0.6 is 23.6 Å². The number of carbonyl (C=O) groups is 1. The lowest BCUT2D eigenvalue weighted by Crippen LogP contribution is -2.38. The van der Waals surface area contributed by atoms with Gasteiger partial charge in [0, 0.05) is 6.54 Å². The van der Waals surface area contributed by atoms with E-state index >= 15 is 0 Å². The number of carbonyl (C=O) groups excluding carboxylic acids is 1. The molecule has 2 rings (SSSR count). The number of rotatable bonds is 5. The van der Waals surface area contributed by atoms with Gasteiger partial charge in [-0.1, -0.05) is 18.2 Å². The van der Waals surface area contributed by atoms with Crippen molar-refractivity contribution in [2.45, 2.75) is 26.5 Å². The number of hydrogen-bond donors (Lipinski definition) is 2. The highest BCUT2D eigenvalue weighted by Crippen LogP contribution is 2.13. The van der Waals surface area contributed by atoms with Crippen LogP contribution in [0.2, 0.25) is 0 Å². The van der Waals surface area contributed by atoms with Gasteiger partial charge in [0.1, 0.15) is 5.75 Å². The zero-order chi connectivity index (χ0) is 15.9. The standard InChI is InChI=1S/C16H18N2O2S2/c1-11(2)20-13-7-5-12(6-8-13)10-17-16(21)18-15(19)14-4-3-9-22-14/h3-9,11H,10H2,1-2H3,(H2,17,18,19,21). The molecule has 0 radical (unpaired) electrons. The summed E-state index contributed by atoms with van der Waals surface area (Å²) in [4.78, 5) is 12.5. The van der Waals surface area contributed by atoms with Crippen LogP contribution in [0.25, 0.3) is 0 Å². The SMILES string of the molecule is CC(C)Oc1ccc(CNC(=S)NC(=O)c2cccs2)cc1. The fourth-order valence-corrected chi connectivity index (χ4v) is 2.54. The zero-order valence-electron chi connectivity index (χ0n) is 12.5. The molecule has 0 unspecified atom stereocenters. The summed E-state index contributed by atoms with van der Waals surface area (Å²) in [6.45, 7) is 4.53. The third-order valence-electron chi connectivity index (χ3n) is 2.72. The van der Waals surface area contributed by atoms with Crippen molar-refractivity contribution >= 4 is 34.6 Å². The van der Waals surface area contributed by atoms with Gasteiger partial charge < -0.3 is 10.1 Å². The van der Waals surface area contributed by atoms with Crippen LogP contribution in [0.1, 0.15) is 29.1 Å². The van der Waals surface area contributed by atoms with E-state index in [-0.39, 0.29) is 12.0 Å². The van der Waals surface area contributed by atoms with Gasteiger partial charge in [-0.05, 0) is 55.2 Å². The van der Waals surface area contributed by atoms with Gasteiger partial charge >= 0.3 is 0 Å². The van der Waals surface area contributed by atoms with E-state index in [0.29, 0.717) is 16.5 Å². The van der Waals surface area contributed by atoms with Gasteiger partial charge in [0.15, 0.2) is 5.11 Å². The van der Waals surface area contributed by atoms with Gasteiger partial charge in [0.2, 0.25) is 0 Å². The molecule has 22 heavy (non-hydrogen) atoms. The number of hydrogen-bond acceptors (Lipinski definition) is 4. The highest BCUT2D eigenvalue weighted by molar-refractivity contribution is 7.80. The maximum absolute atomic E-state index is 11.8. The van der Waals surface area contributed by atoms with Crippen molar-refractivity contribution in [2.75, 3.05) is 0 Å². The molecule has 0 aliphatic rings. The van der Waals surface area contributed by atoms with Crippen molar-refractivity contribution in [3.63, 3.8) is 0 Å². The minimum atomic E-state index is -0.187. The van der Waals surface area contributed by atoms with Crippen molar-refractivity contribution in [1.82, 2.24) is 10.6 Å². The van der Waals surface area contributed by atoms with Crippen LogP contribution in [0, 0.1) is 0 Å². The van der Waals surface area contributed by atoms with E-state index in [4.69, 9.17) is 17.0 Å². The molecule has 6 heteroatoms. The Hall–Kier alpha value is -1.92. The molecular weight excluding hydrogens is 316 g/mol. The summed E-state index contributed by atoms with van der Waals surface area (Å²) in [5.74, 6) is 0.653. The topological polar surface area (TPSA) is 50.4 Å². The fourth-order valence-electron chi connectivity index (χ4n) is 1.76. The second kappa shape index (κ2) is 7.91. The molecule has 0 aliphatic carbocycles. The van der Waals surface area contributed by atoms with Gasteiger partial charge in [-0.15, -0.1) is 11.3 Å². The molecule has 1 aromatic carbocycles. The number of ether oxygens (including phenoxy) is 1. The van der Waals surface area contributed by atoms with Crippen molar-refractivity contribution in [3.8, 4) is 5.75 Å². The van der Waals surface area contributed by atoms with E-state index in [0.717, 1.165) is 11.3 Å². The lowest BCUT2D eigenvalue weighted by Gasteiger charge is -2.11. The molecule has 0 spiro atoms. The van der Waals surface area contributed by atoms with Crippen molar-refractivity contribution in [1.29, 1.82) is 0 Å². The Balaban J connectivity index is 1.79. The molecule has 1 heterocycles. The fraction of sp³-hybridized carbons (Fsp3) is 0.250. The van der Waals surface area contributed by atoms with E-state index in [1.54, 1.807) is 6.07 Å². The molecule has 1 amide bonds. The lowest BCUT2D eigenvalue weighted by atomic mass is 10.2. The van der Waals surface area contributed by atoms with E-state index in [1.807, 2.05) is 49.6 Å². The first-order valence-corrected chi connectivity index (χ1v) is 8.21. The zero-order valence-corrected chi connectivity index (χ0v) is 14.1. The van der Waals surface area contributed by atoms with E-state index in [9.17, 15) is 4.79 Å². The van der Waals surface area contributed by atoms with Crippen molar-refractivity contribution in [3.05, 3.63) is 52.2 Å². The van der Waals surface area contributed by atoms with E-state index < -0.39 is 0 Å². The Labute approximate surface area is 139 Å². The largest absolute Gasteiger partial charge is 0.491 e. The Bertz CT molecular complexity index is 622. The number of amides is 1. The maximum Gasteiger partial charge on any atom is 0.267 e. The Morgan fingerprint density at radius 2 is 2.00 bits per heavy atom. The molecule has 0 aliphatic heterocycles. The molecule has 0 saturated heterocycles. The van der Waals surface area contributed by atoms with Crippen LogP contribution in [0.4, 0.5) is 0 Å². The highest BCUT2D eigenvalue weighted by Gasteiger charge is 2.08. The quantitative estimate of drug-likeness (QED) is 0.824. The molecule has 1 aromatic heterocycles. The van der Waals surface area contributed by atoms with E-state index in [1.165, 1.54) is 11.3 Å². The molecular formula is C16H18N2O2S2. The summed E-state index contributed by atoms with van der Waals surface area (Å²) in [5, 5.41) is 7.85. The molecule has 0 bridgehead atoms. The van der Waals surface area contributed by atoms with E-state index in [2.05, 4.69) is 10.6 Å². The minimum absolute atomic E-state index is 0.156. The molecule has 0 fully saturated rings. The van der Waals surface area contributed by atoms with Gasteiger partial charge in [-0.25, -0.2) is 0 Å². The van der Waals surface area contributed by atoms with Crippen LogP contribution in [0.3, 0.4) is 0 Å². The smallest absolute Gasteiger partial charge is 0.267 e. The highest BCUT2D eigenvalue weighted by atomic mass is 32.1. The average Bonchev–Trinajstić information content (AvgIpc) is 3.00. The maximum atomic E-state index is 11.8. The number of nitrogens with one attached hydrogen (secondary N) is 2. The van der Waals surface area contributed by atoms with Crippen LogP contribution in [0.5, 0.6) is 5.75 Å². The predicted octanol–water partition coefficient (Wildman–Crippen LogP) is 3.34. The average molecular weight is 334 g/mol. The van der Waals surface area contributed by atoms with Crippen LogP contribution < -0.4 is 15.4 Å². The Morgan fingerprint density at radius 1 is 1.27 bits per heavy atom.